The number of hydrogen-bond donors (Lipinski definition) is 1. The molecule has 3 rings (SSSR count). The Hall–Kier alpha value is -2.41. The molecule has 0 saturated heterocycles. The number of benzene rings is 2. The summed E-state index contributed by atoms with van der Waals surface area (Å²) in [6.45, 7) is 1.79. The summed E-state index contributed by atoms with van der Waals surface area (Å²) in [5.74, 6) is -0.159. The number of amides is 2. The summed E-state index contributed by atoms with van der Waals surface area (Å²) in [7, 11) is 1.54. The summed E-state index contributed by atoms with van der Waals surface area (Å²) in [6, 6.07) is 10.5. The molecule has 30 heavy (non-hydrogen) atoms. The molecule has 2 aromatic carbocycles. The van der Waals surface area contributed by atoms with E-state index in [0.29, 0.717) is 32.1 Å². The summed E-state index contributed by atoms with van der Waals surface area (Å²) in [5.41, 5.74) is 1.07. The third kappa shape index (κ3) is 4.67. The van der Waals surface area contributed by atoms with Gasteiger partial charge >= 0.3 is 12.0 Å². The second-order valence-electron chi connectivity index (χ2n) is 6.41. The number of para-hydroxylation sites is 1. The second kappa shape index (κ2) is 9.60. The molecule has 0 aliphatic carbocycles. The fourth-order valence-corrected chi connectivity index (χ4v) is 3.77. The van der Waals surface area contributed by atoms with Crippen LogP contribution >= 0.6 is 34.8 Å². The van der Waals surface area contributed by atoms with Crippen molar-refractivity contribution in [3.63, 3.8) is 0 Å². The van der Waals surface area contributed by atoms with Crippen molar-refractivity contribution in [3.05, 3.63) is 74.4 Å². The molecule has 6 nitrogen and oxygen atoms in total. The van der Waals surface area contributed by atoms with Crippen LogP contribution in [0.15, 0.2) is 53.7 Å². The number of nitrogens with zero attached hydrogens (tertiary/aromatic N) is 1. The molecule has 1 unspecified atom stereocenters. The van der Waals surface area contributed by atoms with E-state index in [2.05, 4.69) is 5.32 Å². The van der Waals surface area contributed by atoms with Crippen LogP contribution in [0.2, 0.25) is 15.1 Å². The second-order valence-corrected chi connectivity index (χ2v) is 7.66. The van der Waals surface area contributed by atoms with E-state index in [1.165, 1.54) is 4.90 Å². The number of carbonyl (C=O) groups is 2. The standard InChI is InChI=1S/C21H19Cl3N2O4/c1-3-29-20(27)18-16(11-30-17-7-5-4-6-14(17)23)26(2)21(28)25-19(18)13-9-8-12(22)10-15(13)24/h4-10,19H,3,11H2,1-2H3,(H,25,28). The fourth-order valence-electron chi connectivity index (χ4n) is 3.06. The Morgan fingerprint density at radius 3 is 2.53 bits per heavy atom. The van der Waals surface area contributed by atoms with Crippen molar-refractivity contribution >= 4 is 46.8 Å². The zero-order valence-electron chi connectivity index (χ0n) is 16.2. The van der Waals surface area contributed by atoms with Gasteiger partial charge in [0.05, 0.1) is 28.9 Å². The lowest BCUT2D eigenvalue weighted by atomic mass is 9.94. The van der Waals surface area contributed by atoms with Crippen molar-refractivity contribution in [1.29, 1.82) is 0 Å². The van der Waals surface area contributed by atoms with Crippen molar-refractivity contribution in [1.82, 2.24) is 10.2 Å². The van der Waals surface area contributed by atoms with Crippen molar-refractivity contribution in [2.24, 2.45) is 0 Å². The number of likely N-dealkylation sites (N-methyl/N-ethyl adjacent to an activating group) is 1. The summed E-state index contributed by atoms with van der Waals surface area (Å²) in [6.07, 6.45) is 0. The van der Waals surface area contributed by atoms with Gasteiger partial charge < -0.3 is 14.8 Å². The van der Waals surface area contributed by atoms with Crippen molar-refractivity contribution in [2.45, 2.75) is 13.0 Å². The van der Waals surface area contributed by atoms with Gasteiger partial charge in [-0.1, -0.05) is 53.0 Å². The van der Waals surface area contributed by atoms with Gasteiger partial charge in [0.1, 0.15) is 12.4 Å². The minimum absolute atomic E-state index is 0.0799. The van der Waals surface area contributed by atoms with Crippen LogP contribution in [0.4, 0.5) is 4.79 Å². The van der Waals surface area contributed by atoms with Gasteiger partial charge in [-0.25, -0.2) is 9.59 Å². The van der Waals surface area contributed by atoms with Crippen LogP contribution in [-0.4, -0.2) is 37.2 Å². The van der Waals surface area contributed by atoms with E-state index < -0.39 is 18.0 Å². The molecule has 0 spiro atoms. The minimum Gasteiger partial charge on any atom is -0.486 e. The van der Waals surface area contributed by atoms with E-state index in [0.717, 1.165) is 0 Å². The molecule has 1 aliphatic rings. The number of urea groups is 1. The zero-order valence-corrected chi connectivity index (χ0v) is 18.5. The third-order valence-corrected chi connectivity index (χ3v) is 5.42. The van der Waals surface area contributed by atoms with E-state index in [9.17, 15) is 9.59 Å². The molecule has 2 amide bonds. The highest BCUT2D eigenvalue weighted by atomic mass is 35.5. The van der Waals surface area contributed by atoms with Crippen LogP contribution in [0, 0.1) is 0 Å². The zero-order chi connectivity index (χ0) is 21.8. The SMILES string of the molecule is CCOC(=O)C1=C(COc2ccccc2Cl)N(C)C(=O)NC1c1ccc(Cl)cc1Cl. The highest BCUT2D eigenvalue weighted by Crippen LogP contribution is 2.36. The maximum Gasteiger partial charge on any atom is 0.338 e. The Morgan fingerprint density at radius 2 is 1.87 bits per heavy atom. The predicted octanol–water partition coefficient (Wildman–Crippen LogP) is 5.24. The maximum atomic E-state index is 12.9. The van der Waals surface area contributed by atoms with Crippen LogP contribution in [-0.2, 0) is 9.53 Å². The van der Waals surface area contributed by atoms with Gasteiger partial charge in [-0.05, 0) is 36.8 Å². The average Bonchev–Trinajstić information content (AvgIpc) is 2.70. The van der Waals surface area contributed by atoms with Crippen LogP contribution in [0.1, 0.15) is 18.5 Å². The first-order chi connectivity index (χ1) is 14.3. The topological polar surface area (TPSA) is 67.9 Å². The molecule has 0 fully saturated rings. The van der Waals surface area contributed by atoms with Crippen molar-refractivity contribution in [3.8, 4) is 5.75 Å². The van der Waals surface area contributed by atoms with E-state index in [1.807, 2.05) is 0 Å². The molecule has 1 aliphatic heterocycles. The van der Waals surface area contributed by atoms with E-state index in [1.54, 1.807) is 56.4 Å². The monoisotopic (exact) mass is 468 g/mol. The van der Waals surface area contributed by atoms with Gasteiger partial charge in [0.2, 0.25) is 0 Å². The normalized spacial score (nSPS) is 16.4. The minimum atomic E-state index is -0.831. The Morgan fingerprint density at radius 1 is 1.13 bits per heavy atom. The van der Waals surface area contributed by atoms with Gasteiger partial charge in [0.25, 0.3) is 0 Å². The van der Waals surface area contributed by atoms with Crippen molar-refractivity contribution < 1.29 is 19.1 Å². The van der Waals surface area contributed by atoms with E-state index >= 15 is 0 Å². The molecule has 0 radical (unpaired) electrons. The Balaban J connectivity index is 2.08. The van der Waals surface area contributed by atoms with Crippen LogP contribution in [0.3, 0.4) is 0 Å². The van der Waals surface area contributed by atoms with E-state index in [4.69, 9.17) is 44.3 Å². The van der Waals surface area contributed by atoms with Crippen molar-refractivity contribution in [2.75, 3.05) is 20.3 Å². The highest BCUT2D eigenvalue weighted by molar-refractivity contribution is 6.35. The lowest BCUT2D eigenvalue weighted by molar-refractivity contribution is -0.139. The molecule has 0 saturated carbocycles. The number of carbonyl (C=O) groups excluding carboxylic acids is 2. The number of esters is 1. The van der Waals surface area contributed by atoms with Crippen LogP contribution in [0.5, 0.6) is 5.75 Å². The van der Waals surface area contributed by atoms with Gasteiger partial charge in [-0.3, -0.25) is 4.90 Å². The largest absolute Gasteiger partial charge is 0.486 e. The third-order valence-electron chi connectivity index (χ3n) is 4.55. The lowest BCUT2D eigenvalue weighted by Crippen LogP contribution is -2.48. The number of rotatable bonds is 6. The summed E-state index contributed by atoms with van der Waals surface area (Å²) < 4.78 is 11.1. The number of nitrogens with one attached hydrogen (secondary N) is 1. The van der Waals surface area contributed by atoms with Gasteiger partial charge in [0, 0.05) is 17.1 Å². The van der Waals surface area contributed by atoms with Crippen LogP contribution < -0.4 is 10.1 Å². The average molecular weight is 470 g/mol. The van der Waals surface area contributed by atoms with Gasteiger partial charge in [0.15, 0.2) is 0 Å². The molecule has 1 N–H and O–H groups in total. The molecule has 0 bridgehead atoms. The molecular formula is C21H19Cl3N2O4. The predicted molar refractivity (Wildman–Crippen MR) is 116 cm³/mol. The number of halogens is 3. The first-order valence-corrected chi connectivity index (χ1v) is 10.2. The summed E-state index contributed by atoms with van der Waals surface area (Å²) in [5, 5.41) is 3.95. The molecule has 0 aromatic heterocycles. The number of ether oxygens (including phenoxy) is 2. The highest BCUT2D eigenvalue weighted by Gasteiger charge is 2.38. The fraction of sp³-hybridized carbons (Fsp3) is 0.238. The first kappa shape index (κ1) is 22.3. The summed E-state index contributed by atoms with van der Waals surface area (Å²) >= 11 is 18.5. The van der Waals surface area contributed by atoms with Gasteiger partial charge in [-0.15, -0.1) is 0 Å². The molecular weight excluding hydrogens is 451 g/mol. The smallest absolute Gasteiger partial charge is 0.338 e. The molecule has 1 heterocycles. The lowest BCUT2D eigenvalue weighted by Gasteiger charge is -2.34. The molecule has 1 atom stereocenters. The molecule has 158 valence electrons. The van der Waals surface area contributed by atoms with Crippen LogP contribution in [0.25, 0.3) is 0 Å². The Kier molecular flexibility index (Phi) is 7.13. The molecule has 9 heteroatoms. The molecule has 2 aromatic rings. The Labute approximate surface area is 189 Å². The first-order valence-electron chi connectivity index (χ1n) is 9.10. The quantitative estimate of drug-likeness (QED) is 0.588. The van der Waals surface area contributed by atoms with Gasteiger partial charge in [-0.2, -0.15) is 0 Å². The maximum absolute atomic E-state index is 12.9. The van der Waals surface area contributed by atoms with E-state index in [-0.39, 0.29) is 18.8 Å². The Bertz CT molecular complexity index is 1010. The number of hydrogen-bond acceptors (Lipinski definition) is 4. The summed E-state index contributed by atoms with van der Waals surface area (Å²) in [4.78, 5) is 26.8.